The van der Waals surface area contributed by atoms with E-state index in [9.17, 15) is 19.2 Å². The van der Waals surface area contributed by atoms with E-state index in [2.05, 4.69) is 35.3 Å². The number of carbonyl (C=O) groups excluding carboxylic acids is 3. The molecule has 3 heterocycles. The quantitative estimate of drug-likeness (QED) is 0.304. The van der Waals surface area contributed by atoms with Crippen molar-refractivity contribution < 1.29 is 23.9 Å². The molecule has 0 fully saturated rings. The Morgan fingerprint density at radius 3 is 2.69 bits per heavy atom. The number of H-pyrrole nitrogens is 1. The lowest BCUT2D eigenvalue weighted by Gasteiger charge is -2.17. The number of carbonyl (C=O) groups is 3. The molecule has 0 spiro atoms. The zero-order valence-corrected chi connectivity index (χ0v) is 22.4. The monoisotopic (exact) mass is 540 g/mol. The fraction of sp³-hybridized carbons (Fsp3) is 0.400. The first-order chi connectivity index (χ1) is 18.6. The summed E-state index contributed by atoms with van der Waals surface area (Å²) in [4.78, 5) is 66.9. The van der Waals surface area contributed by atoms with E-state index in [0.717, 1.165) is 0 Å². The van der Waals surface area contributed by atoms with Crippen LogP contribution in [0.2, 0.25) is 0 Å². The molecule has 0 saturated heterocycles. The van der Waals surface area contributed by atoms with E-state index in [1.54, 1.807) is 32.4 Å². The number of ether oxygens (including phenoxy) is 2. The van der Waals surface area contributed by atoms with Crippen molar-refractivity contribution in [3.63, 3.8) is 0 Å². The number of nitrogens with zero attached hydrogens (tertiary/aromatic N) is 5. The minimum absolute atomic E-state index is 0.0113. The Labute approximate surface area is 224 Å². The maximum Gasteiger partial charge on any atom is 0.407 e. The van der Waals surface area contributed by atoms with E-state index in [4.69, 9.17) is 4.74 Å². The maximum absolute atomic E-state index is 13.1. The van der Waals surface area contributed by atoms with Crippen LogP contribution < -0.4 is 20.9 Å². The van der Waals surface area contributed by atoms with Gasteiger partial charge in [-0.3, -0.25) is 14.4 Å². The number of imidazole rings is 1. The van der Waals surface area contributed by atoms with Crippen molar-refractivity contribution in [2.45, 2.75) is 45.4 Å². The van der Waals surface area contributed by atoms with Crippen LogP contribution in [0.5, 0.6) is 5.88 Å². The van der Waals surface area contributed by atoms with E-state index in [-0.39, 0.29) is 30.7 Å². The summed E-state index contributed by atoms with van der Waals surface area (Å²) in [5, 5.41) is 5.03. The second-order valence-electron chi connectivity index (χ2n) is 8.97. The number of anilines is 1. The number of aromatic nitrogens is 5. The number of amides is 3. The minimum atomic E-state index is -1.02. The molecule has 208 valence electrons. The van der Waals surface area contributed by atoms with Gasteiger partial charge in [-0.05, 0) is 44.9 Å². The summed E-state index contributed by atoms with van der Waals surface area (Å²) in [5.41, 5.74) is 0.435. The molecule has 0 bridgehead atoms. The molecule has 0 unspecified atom stereocenters. The fourth-order valence-corrected chi connectivity index (χ4v) is 3.44. The minimum Gasteiger partial charge on any atom is -0.473 e. The molecular formula is C25H32N8O6. The van der Waals surface area contributed by atoms with Crippen molar-refractivity contribution in [3.8, 4) is 5.88 Å². The molecule has 3 amide bonds. The van der Waals surface area contributed by atoms with Gasteiger partial charge in [0.15, 0.2) is 11.2 Å². The highest BCUT2D eigenvalue weighted by Crippen LogP contribution is 2.20. The first kappa shape index (κ1) is 28.8. The smallest absolute Gasteiger partial charge is 0.407 e. The number of aromatic amines is 1. The van der Waals surface area contributed by atoms with E-state index >= 15 is 0 Å². The van der Waals surface area contributed by atoms with Gasteiger partial charge < -0.3 is 34.6 Å². The van der Waals surface area contributed by atoms with Crippen molar-refractivity contribution >= 4 is 34.8 Å². The summed E-state index contributed by atoms with van der Waals surface area (Å²) in [6.45, 7) is 3.80. The number of methoxy groups -OCH3 is 1. The first-order valence-corrected chi connectivity index (χ1v) is 12.2. The van der Waals surface area contributed by atoms with Crippen LogP contribution in [0.15, 0.2) is 41.6 Å². The summed E-state index contributed by atoms with van der Waals surface area (Å²) >= 11 is 0. The Balaban J connectivity index is 1.75. The van der Waals surface area contributed by atoms with Gasteiger partial charge in [-0.2, -0.15) is 4.98 Å². The molecule has 0 aromatic carbocycles. The summed E-state index contributed by atoms with van der Waals surface area (Å²) in [6.07, 6.45) is 5.47. The molecule has 0 saturated carbocycles. The van der Waals surface area contributed by atoms with Gasteiger partial charge in [0, 0.05) is 20.3 Å². The normalized spacial score (nSPS) is 11.9. The number of fused-ring (bicyclic) bond motifs is 1. The SMILES string of the molecule is COC(=O)N[C@@H](CC/C=C/C(=O)N(C)C)C(=O)Nc1cccn(Cc2nc3c(OC(C)C)ncnc3[nH]2)c1=O. The lowest BCUT2D eigenvalue weighted by atomic mass is 10.1. The number of pyridine rings is 1. The number of allylic oxidation sites excluding steroid dienone is 1. The average Bonchev–Trinajstić information content (AvgIpc) is 3.31. The van der Waals surface area contributed by atoms with Gasteiger partial charge in [0.1, 0.15) is 23.9 Å². The molecule has 3 rings (SSSR count). The first-order valence-electron chi connectivity index (χ1n) is 12.2. The third kappa shape index (κ3) is 7.87. The van der Waals surface area contributed by atoms with Crippen LogP contribution in [-0.2, 0) is 20.9 Å². The number of nitrogens with one attached hydrogen (secondary N) is 3. The van der Waals surface area contributed by atoms with Crippen molar-refractivity contribution in [3.05, 3.63) is 53.0 Å². The van der Waals surface area contributed by atoms with Crippen LogP contribution in [-0.4, -0.2) is 80.7 Å². The summed E-state index contributed by atoms with van der Waals surface area (Å²) in [5.74, 6) is -0.0519. The van der Waals surface area contributed by atoms with Crippen LogP contribution in [0, 0.1) is 0 Å². The Morgan fingerprint density at radius 1 is 1.23 bits per heavy atom. The fourth-order valence-electron chi connectivity index (χ4n) is 3.44. The lowest BCUT2D eigenvalue weighted by molar-refractivity contribution is -0.123. The van der Waals surface area contributed by atoms with Crippen molar-refractivity contribution in [1.29, 1.82) is 0 Å². The van der Waals surface area contributed by atoms with Crippen LogP contribution in [0.4, 0.5) is 10.5 Å². The highest BCUT2D eigenvalue weighted by Gasteiger charge is 2.22. The average molecular weight is 541 g/mol. The van der Waals surface area contributed by atoms with Gasteiger partial charge in [0.2, 0.25) is 17.7 Å². The Morgan fingerprint density at radius 2 is 2.00 bits per heavy atom. The lowest BCUT2D eigenvalue weighted by Crippen LogP contribution is -2.44. The van der Waals surface area contributed by atoms with Gasteiger partial charge in [-0.15, -0.1) is 0 Å². The molecule has 0 aliphatic carbocycles. The standard InChI is InChI=1S/C25H32N8O6/c1-15(2)39-23-20-21(26-14-27-23)31-18(30-20)13-33-12-8-10-17(24(33)36)28-22(35)16(29-25(37)38-5)9-6-7-11-19(34)32(3)4/h7-8,10-12,14-16H,6,9,13H2,1-5H3,(H,28,35)(H,29,37)(H,26,27,30,31)/b11-7+/t16-/m0/s1. The molecule has 14 nitrogen and oxygen atoms in total. The molecule has 3 aromatic heterocycles. The van der Waals surface area contributed by atoms with Gasteiger partial charge in [0.25, 0.3) is 5.56 Å². The second kappa shape index (κ2) is 13.2. The van der Waals surface area contributed by atoms with Gasteiger partial charge >= 0.3 is 6.09 Å². The summed E-state index contributed by atoms with van der Waals surface area (Å²) in [6, 6.07) is 2.05. The third-order valence-electron chi connectivity index (χ3n) is 5.36. The number of rotatable bonds is 11. The molecule has 0 aliphatic heterocycles. The number of likely N-dealkylation sites (N-methyl/N-ethyl adjacent to an activating group) is 1. The van der Waals surface area contributed by atoms with E-state index in [0.29, 0.717) is 29.3 Å². The second-order valence-corrected chi connectivity index (χ2v) is 8.97. The molecule has 39 heavy (non-hydrogen) atoms. The number of hydrogen-bond donors (Lipinski definition) is 3. The molecule has 3 aromatic rings. The highest BCUT2D eigenvalue weighted by molar-refractivity contribution is 5.96. The zero-order chi connectivity index (χ0) is 28.5. The molecule has 14 heteroatoms. The predicted molar refractivity (Wildman–Crippen MR) is 142 cm³/mol. The van der Waals surface area contributed by atoms with Crippen LogP contribution in [0.3, 0.4) is 0 Å². The van der Waals surface area contributed by atoms with Gasteiger partial charge in [-0.1, -0.05) is 6.08 Å². The number of alkyl carbamates (subject to hydrolysis) is 1. The van der Waals surface area contributed by atoms with Gasteiger partial charge in [-0.25, -0.2) is 14.8 Å². The predicted octanol–water partition coefficient (Wildman–Crippen LogP) is 1.44. The van der Waals surface area contributed by atoms with Crippen LogP contribution >= 0.6 is 0 Å². The van der Waals surface area contributed by atoms with E-state index in [1.807, 2.05) is 13.8 Å². The van der Waals surface area contributed by atoms with E-state index in [1.165, 1.54) is 35.0 Å². The van der Waals surface area contributed by atoms with Crippen molar-refractivity contribution in [1.82, 2.24) is 34.7 Å². The molecule has 3 N–H and O–H groups in total. The van der Waals surface area contributed by atoms with Gasteiger partial charge in [0.05, 0.1) is 19.8 Å². The van der Waals surface area contributed by atoms with Crippen molar-refractivity contribution in [2.24, 2.45) is 0 Å². The summed E-state index contributed by atoms with van der Waals surface area (Å²) in [7, 11) is 4.42. The Kier molecular flexibility index (Phi) is 9.73. The van der Waals surface area contributed by atoms with Crippen LogP contribution in [0.1, 0.15) is 32.5 Å². The Hall–Kier alpha value is -4.75. The largest absolute Gasteiger partial charge is 0.473 e. The Bertz CT molecular complexity index is 1410. The third-order valence-corrected chi connectivity index (χ3v) is 5.36. The topological polar surface area (TPSA) is 173 Å². The van der Waals surface area contributed by atoms with E-state index < -0.39 is 23.6 Å². The maximum atomic E-state index is 13.1. The molecule has 1 atom stereocenters. The van der Waals surface area contributed by atoms with Crippen molar-refractivity contribution in [2.75, 3.05) is 26.5 Å². The molecule has 0 aliphatic rings. The molecule has 0 radical (unpaired) electrons. The summed E-state index contributed by atoms with van der Waals surface area (Å²) < 4.78 is 11.7. The highest BCUT2D eigenvalue weighted by atomic mass is 16.5. The zero-order valence-electron chi connectivity index (χ0n) is 22.4. The molecular weight excluding hydrogens is 508 g/mol. The van der Waals surface area contributed by atoms with Crippen LogP contribution in [0.25, 0.3) is 11.2 Å². The number of hydrogen-bond acceptors (Lipinski definition) is 9.